The molecule has 0 unspecified atom stereocenters. The average molecular weight is 388 g/mol. The van der Waals surface area contributed by atoms with Crippen molar-refractivity contribution in [3.63, 3.8) is 0 Å². The van der Waals surface area contributed by atoms with Crippen LogP contribution in [0.3, 0.4) is 0 Å². The lowest BCUT2D eigenvalue weighted by Gasteiger charge is -2.09. The quantitative estimate of drug-likeness (QED) is 0.493. The molecular weight excluding hydrogens is 371 g/mol. The Hall–Kier alpha value is -3.93. The molecule has 0 radical (unpaired) electrons. The zero-order chi connectivity index (χ0) is 20.1. The number of nitrogens with one attached hydrogen (secondary N) is 1. The maximum Gasteiger partial charge on any atom is 0.251 e. The molecule has 0 aliphatic heterocycles. The molecule has 0 saturated carbocycles. The number of amides is 1. The lowest BCUT2D eigenvalue weighted by atomic mass is 10.1. The van der Waals surface area contributed by atoms with Crippen LogP contribution in [0, 0.1) is 5.82 Å². The van der Waals surface area contributed by atoms with Crippen molar-refractivity contribution in [1.29, 1.82) is 0 Å². The van der Waals surface area contributed by atoms with E-state index < -0.39 is 0 Å². The van der Waals surface area contributed by atoms with Crippen LogP contribution < -0.4 is 10.1 Å². The van der Waals surface area contributed by atoms with E-state index in [4.69, 9.17) is 9.15 Å². The summed E-state index contributed by atoms with van der Waals surface area (Å²) in [4.78, 5) is 16.8. The molecule has 0 fully saturated rings. The van der Waals surface area contributed by atoms with Crippen molar-refractivity contribution in [3.8, 4) is 23.0 Å². The molecule has 0 atom stereocenters. The minimum absolute atomic E-state index is 0.231. The van der Waals surface area contributed by atoms with Crippen molar-refractivity contribution in [2.75, 3.05) is 0 Å². The third-order valence-electron chi connectivity index (χ3n) is 4.20. The molecule has 4 rings (SSSR count). The molecule has 0 aliphatic carbocycles. The summed E-state index contributed by atoms with van der Waals surface area (Å²) in [5, 5.41) is 2.88. The Morgan fingerprint density at radius 2 is 1.86 bits per heavy atom. The standard InChI is InChI=1S/C23H17FN2O3/c24-18-6-8-19(9-7-18)29-20-4-1-3-17(14-20)23(27)26-15-16-10-11-25-21(13-16)22-5-2-12-28-22/h1-14H,15H2,(H,26,27). The van der Waals surface area contributed by atoms with Crippen LogP contribution in [0.4, 0.5) is 4.39 Å². The van der Waals surface area contributed by atoms with E-state index in [0.717, 1.165) is 5.56 Å². The van der Waals surface area contributed by atoms with E-state index in [1.807, 2.05) is 18.2 Å². The molecular formula is C23H17FN2O3. The van der Waals surface area contributed by atoms with Crippen molar-refractivity contribution in [2.45, 2.75) is 6.54 Å². The maximum absolute atomic E-state index is 13.0. The van der Waals surface area contributed by atoms with Gasteiger partial charge in [0.05, 0.1) is 6.26 Å². The highest BCUT2D eigenvalue weighted by atomic mass is 19.1. The first-order valence-corrected chi connectivity index (χ1v) is 8.98. The van der Waals surface area contributed by atoms with Gasteiger partial charge in [-0.3, -0.25) is 9.78 Å². The Morgan fingerprint density at radius 1 is 1.00 bits per heavy atom. The summed E-state index contributed by atoms with van der Waals surface area (Å²) in [6.45, 7) is 0.345. The largest absolute Gasteiger partial charge is 0.463 e. The number of carbonyl (C=O) groups is 1. The van der Waals surface area contributed by atoms with Gasteiger partial charge in [0.15, 0.2) is 5.76 Å². The molecule has 4 aromatic rings. The molecule has 1 amide bonds. The molecule has 1 N–H and O–H groups in total. The summed E-state index contributed by atoms with van der Waals surface area (Å²) < 4.78 is 24.0. The van der Waals surface area contributed by atoms with Gasteiger partial charge in [0.2, 0.25) is 0 Å². The Bertz CT molecular complexity index is 1110. The maximum atomic E-state index is 13.0. The molecule has 0 spiro atoms. The molecule has 0 bridgehead atoms. The fourth-order valence-electron chi connectivity index (χ4n) is 2.77. The highest BCUT2D eigenvalue weighted by molar-refractivity contribution is 5.94. The number of pyridine rings is 1. The SMILES string of the molecule is O=C(NCc1ccnc(-c2ccco2)c1)c1cccc(Oc2ccc(F)cc2)c1. The number of halogens is 1. The zero-order valence-corrected chi connectivity index (χ0v) is 15.3. The van der Waals surface area contributed by atoms with Crippen LogP contribution in [-0.2, 0) is 6.54 Å². The van der Waals surface area contributed by atoms with E-state index in [1.165, 1.54) is 24.3 Å². The summed E-state index contributed by atoms with van der Waals surface area (Å²) >= 11 is 0. The Morgan fingerprint density at radius 3 is 2.66 bits per heavy atom. The van der Waals surface area contributed by atoms with Crippen molar-refractivity contribution in [1.82, 2.24) is 10.3 Å². The van der Waals surface area contributed by atoms with Crippen molar-refractivity contribution < 1.29 is 18.3 Å². The second-order valence-electron chi connectivity index (χ2n) is 6.29. The second-order valence-corrected chi connectivity index (χ2v) is 6.29. The van der Waals surface area contributed by atoms with Crippen LogP contribution in [0.15, 0.2) is 89.7 Å². The first-order chi connectivity index (χ1) is 14.2. The van der Waals surface area contributed by atoms with Crippen molar-refractivity contribution in [2.24, 2.45) is 0 Å². The minimum Gasteiger partial charge on any atom is -0.463 e. The Balaban J connectivity index is 1.41. The lowest BCUT2D eigenvalue weighted by molar-refractivity contribution is 0.0950. The highest BCUT2D eigenvalue weighted by Gasteiger charge is 2.09. The van der Waals surface area contributed by atoms with Gasteiger partial charge in [0, 0.05) is 18.3 Å². The van der Waals surface area contributed by atoms with Crippen LogP contribution in [0.25, 0.3) is 11.5 Å². The molecule has 5 nitrogen and oxygen atoms in total. The topological polar surface area (TPSA) is 64.4 Å². The number of ether oxygens (including phenoxy) is 1. The predicted octanol–water partition coefficient (Wildman–Crippen LogP) is 5.20. The average Bonchev–Trinajstić information content (AvgIpc) is 3.29. The number of nitrogens with zero attached hydrogens (tertiary/aromatic N) is 1. The van der Waals surface area contributed by atoms with E-state index in [2.05, 4.69) is 10.3 Å². The van der Waals surface area contributed by atoms with Crippen LogP contribution in [0.5, 0.6) is 11.5 Å². The smallest absolute Gasteiger partial charge is 0.251 e. The summed E-state index contributed by atoms with van der Waals surface area (Å²) in [5.41, 5.74) is 2.07. The number of aromatic nitrogens is 1. The molecule has 2 heterocycles. The second kappa shape index (κ2) is 8.39. The number of furan rings is 1. The summed E-state index contributed by atoms with van der Waals surface area (Å²) in [6, 6.07) is 19.8. The fraction of sp³-hybridized carbons (Fsp3) is 0.0435. The van der Waals surface area contributed by atoms with E-state index in [9.17, 15) is 9.18 Å². The zero-order valence-electron chi connectivity index (χ0n) is 15.3. The number of carbonyl (C=O) groups excluding carboxylic acids is 1. The van der Waals surface area contributed by atoms with Gasteiger partial charge in [-0.05, 0) is 72.3 Å². The lowest BCUT2D eigenvalue weighted by Crippen LogP contribution is -2.22. The van der Waals surface area contributed by atoms with Crippen LogP contribution in [0.1, 0.15) is 15.9 Å². The highest BCUT2D eigenvalue weighted by Crippen LogP contribution is 2.23. The molecule has 29 heavy (non-hydrogen) atoms. The normalized spacial score (nSPS) is 10.5. The van der Waals surface area contributed by atoms with E-state index in [1.54, 1.807) is 42.8 Å². The van der Waals surface area contributed by atoms with Gasteiger partial charge >= 0.3 is 0 Å². The first-order valence-electron chi connectivity index (χ1n) is 8.98. The number of benzene rings is 2. The van der Waals surface area contributed by atoms with Gasteiger partial charge in [-0.1, -0.05) is 6.07 Å². The number of rotatable bonds is 6. The predicted molar refractivity (Wildman–Crippen MR) is 106 cm³/mol. The monoisotopic (exact) mass is 388 g/mol. The van der Waals surface area contributed by atoms with E-state index >= 15 is 0 Å². The van der Waals surface area contributed by atoms with E-state index in [0.29, 0.717) is 35.1 Å². The Kier molecular flexibility index (Phi) is 5.33. The third kappa shape index (κ3) is 4.68. The third-order valence-corrected chi connectivity index (χ3v) is 4.20. The van der Waals surface area contributed by atoms with Gasteiger partial charge in [-0.15, -0.1) is 0 Å². The summed E-state index contributed by atoms with van der Waals surface area (Å²) in [7, 11) is 0. The fourth-order valence-corrected chi connectivity index (χ4v) is 2.77. The molecule has 144 valence electrons. The first kappa shape index (κ1) is 18.4. The molecule has 0 saturated heterocycles. The number of hydrogen-bond donors (Lipinski definition) is 1. The molecule has 0 aliphatic rings. The Labute approximate surface area is 166 Å². The number of hydrogen-bond acceptors (Lipinski definition) is 4. The summed E-state index contributed by atoms with van der Waals surface area (Å²) in [6.07, 6.45) is 3.27. The van der Waals surface area contributed by atoms with Crippen molar-refractivity contribution in [3.05, 3.63) is 102 Å². The minimum atomic E-state index is -0.336. The molecule has 2 aromatic heterocycles. The van der Waals surface area contributed by atoms with Gasteiger partial charge < -0.3 is 14.5 Å². The van der Waals surface area contributed by atoms with E-state index in [-0.39, 0.29) is 11.7 Å². The van der Waals surface area contributed by atoms with Crippen LogP contribution >= 0.6 is 0 Å². The van der Waals surface area contributed by atoms with Gasteiger partial charge in [-0.25, -0.2) is 4.39 Å². The van der Waals surface area contributed by atoms with Crippen molar-refractivity contribution >= 4 is 5.91 Å². The molecule has 2 aromatic carbocycles. The van der Waals surface area contributed by atoms with Crippen LogP contribution in [0.2, 0.25) is 0 Å². The van der Waals surface area contributed by atoms with Gasteiger partial charge in [0.25, 0.3) is 5.91 Å². The molecule has 6 heteroatoms. The van der Waals surface area contributed by atoms with Gasteiger partial charge in [-0.2, -0.15) is 0 Å². The van der Waals surface area contributed by atoms with Gasteiger partial charge in [0.1, 0.15) is 23.0 Å². The summed E-state index contributed by atoms with van der Waals surface area (Å²) in [5.74, 6) is 1.09. The van der Waals surface area contributed by atoms with Crippen LogP contribution in [-0.4, -0.2) is 10.9 Å².